The molecule has 1 aromatic rings. The third-order valence-electron chi connectivity index (χ3n) is 3.08. The molecule has 0 saturated carbocycles. The van der Waals surface area contributed by atoms with E-state index in [2.05, 4.69) is 0 Å². The molecule has 0 bridgehead atoms. The van der Waals surface area contributed by atoms with Crippen molar-refractivity contribution in [2.75, 3.05) is 13.2 Å². The Bertz CT molecular complexity index is 494. The Kier molecular flexibility index (Phi) is 7.08. The van der Waals surface area contributed by atoms with Crippen LogP contribution in [-0.4, -0.2) is 46.2 Å². The minimum absolute atomic E-state index is 0.0422. The molecule has 0 aromatic heterocycles. The van der Waals surface area contributed by atoms with Crippen molar-refractivity contribution < 1.29 is 29.4 Å². The summed E-state index contributed by atoms with van der Waals surface area (Å²) in [6.07, 6.45) is 1.86. The number of hydrogen-bond acceptors (Lipinski definition) is 6. The van der Waals surface area contributed by atoms with Gasteiger partial charge in [0.2, 0.25) is 0 Å². The third kappa shape index (κ3) is 6.72. The second-order valence-electron chi connectivity index (χ2n) is 5.43. The van der Waals surface area contributed by atoms with Gasteiger partial charge in [-0.15, -0.1) is 0 Å². The van der Waals surface area contributed by atoms with Crippen LogP contribution < -0.4 is 0 Å². The highest BCUT2D eigenvalue weighted by Crippen LogP contribution is 2.24. The highest BCUT2D eigenvalue weighted by Gasteiger charge is 2.31. The van der Waals surface area contributed by atoms with Gasteiger partial charge >= 0.3 is 5.97 Å². The highest BCUT2D eigenvalue weighted by atomic mass is 16.7. The van der Waals surface area contributed by atoms with Gasteiger partial charge in [-0.3, -0.25) is 10.1 Å². The largest absolute Gasteiger partial charge is 0.478 e. The van der Waals surface area contributed by atoms with Crippen molar-refractivity contribution in [3.63, 3.8) is 0 Å². The Morgan fingerprint density at radius 1 is 1.39 bits per heavy atom. The second-order valence-corrected chi connectivity index (χ2v) is 5.43. The Morgan fingerprint density at radius 3 is 2.39 bits per heavy atom. The lowest BCUT2D eigenvalue weighted by atomic mass is 10.2. The number of rotatable bonds is 5. The number of nitrogens with zero attached hydrogens (tertiary/aromatic N) is 1. The number of aliphatic hydroxyl groups excluding tert-OH is 1. The predicted octanol–water partition coefficient (Wildman–Crippen LogP) is 2.20. The first-order valence-electron chi connectivity index (χ1n) is 7.15. The summed E-state index contributed by atoms with van der Waals surface area (Å²) in [5.74, 6) is -1.51. The topological polar surface area (TPSA) is 119 Å². The maximum Gasteiger partial charge on any atom is 0.335 e. The molecule has 0 amide bonds. The fraction of sp³-hybridized carbons (Fsp3) is 0.533. The molecule has 23 heavy (non-hydrogen) atoms. The average Bonchev–Trinajstić information content (AvgIpc) is 2.85. The van der Waals surface area contributed by atoms with Crippen molar-refractivity contribution in [1.29, 1.82) is 0 Å². The van der Waals surface area contributed by atoms with E-state index in [9.17, 15) is 14.9 Å². The molecular weight excluding hydrogens is 306 g/mol. The Morgan fingerprint density at radius 2 is 2.00 bits per heavy atom. The van der Waals surface area contributed by atoms with E-state index in [1.807, 2.05) is 13.8 Å². The molecule has 0 radical (unpaired) electrons. The van der Waals surface area contributed by atoms with Crippen LogP contribution in [0.2, 0.25) is 0 Å². The average molecular weight is 327 g/mol. The van der Waals surface area contributed by atoms with Crippen molar-refractivity contribution in [3.05, 3.63) is 39.9 Å². The fourth-order valence-electron chi connectivity index (χ4n) is 1.95. The van der Waals surface area contributed by atoms with E-state index in [0.717, 1.165) is 25.0 Å². The molecule has 8 nitrogen and oxygen atoms in total. The number of benzene rings is 1. The van der Waals surface area contributed by atoms with Gasteiger partial charge in [0, 0.05) is 18.7 Å². The van der Waals surface area contributed by atoms with Gasteiger partial charge < -0.3 is 19.7 Å². The number of aromatic carboxylic acids is 1. The minimum atomic E-state index is -1.09. The van der Waals surface area contributed by atoms with E-state index in [4.69, 9.17) is 19.7 Å². The van der Waals surface area contributed by atoms with Crippen LogP contribution in [0, 0.1) is 10.1 Å². The summed E-state index contributed by atoms with van der Waals surface area (Å²) < 4.78 is 10.9. The van der Waals surface area contributed by atoms with E-state index >= 15 is 0 Å². The Labute approximate surface area is 133 Å². The quantitative estimate of drug-likeness (QED) is 0.628. The summed E-state index contributed by atoms with van der Waals surface area (Å²) in [5, 5.41) is 27.1. The number of carbonyl (C=O) groups is 1. The lowest BCUT2D eigenvalue weighted by Gasteiger charge is -2.16. The van der Waals surface area contributed by atoms with Crippen LogP contribution in [0.3, 0.4) is 0 Å². The minimum Gasteiger partial charge on any atom is -0.478 e. The molecule has 1 atom stereocenters. The smallest absolute Gasteiger partial charge is 0.335 e. The summed E-state index contributed by atoms with van der Waals surface area (Å²) in [5.41, 5.74) is -0.0689. The molecule has 1 aliphatic heterocycles. The molecule has 0 aliphatic carbocycles. The van der Waals surface area contributed by atoms with Crippen LogP contribution in [0.1, 0.15) is 37.0 Å². The molecule has 2 N–H and O–H groups in total. The first-order valence-corrected chi connectivity index (χ1v) is 7.15. The zero-order valence-corrected chi connectivity index (χ0v) is 13.1. The molecule has 8 heteroatoms. The van der Waals surface area contributed by atoms with Gasteiger partial charge in [0.05, 0.1) is 23.2 Å². The lowest BCUT2D eigenvalue weighted by Crippen LogP contribution is -2.21. The molecule has 1 aliphatic rings. The first kappa shape index (κ1) is 19.0. The van der Waals surface area contributed by atoms with Crippen molar-refractivity contribution in [3.8, 4) is 0 Å². The molecule has 1 heterocycles. The van der Waals surface area contributed by atoms with Gasteiger partial charge in [-0.2, -0.15) is 0 Å². The van der Waals surface area contributed by atoms with Crippen LogP contribution in [0.15, 0.2) is 24.3 Å². The van der Waals surface area contributed by atoms with E-state index in [-0.39, 0.29) is 24.0 Å². The molecule has 0 spiro atoms. The lowest BCUT2D eigenvalue weighted by molar-refractivity contribution is -0.384. The number of aliphatic hydroxyl groups is 1. The van der Waals surface area contributed by atoms with Crippen LogP contribution in [0.4, 0.5) is 5.69 Å². The molecule has 1 aromatic carbocycles. The predicted molar refractivity (Wildman–Crippen MR) is 81.3 cm³/mol. The number of carboxylic acids is 1. The summed E-state index contributed by atoms with van der Waals surface area (Å²) in [6.45, 7) is 4.71. The van der Waals surface area contributed by atoms with Gasteiger partial charge in [-0.1, -0.05) is 0 Å². The summed E-state index contributed by atoms with van der Waals surface area (Å²) >= 11 is 0. The number of non-ortho nitro benzene ring substituents is 1. The maximum atomic E-state index is 10.3. The van der Waals surface area contributed by atoms with Crippen molar-refractivity contribution in [2.45, 2.75) is 38.6 Å². The first-order chi connectivity index (χ1) is 10.7. The Hall–Kier alpha value is -2.03. The third-order valence-corrected chi connectivity index (χ3v) is 3.08. The highest BCUT2D eigenvalue weighted by molar-refractivity contribution is 5.87. The van der Waals surface area contributed by atoms with Crippen molar-refractivity contribution in [1.82, 2.24) is 0 Å². The van der Waals surface area contributed by atoms with Gasteiger partial charge in [0.15, 0.2) is 5.79 Å². The van der Waals surface area contributed by atoms with E-state index in [0.29, 0.717) is 6.61 Å². The van der Waals surface area contributed by atoms with Crippen LogP contribution in [0.5, 0.6) is 0 Å². The molecule has 2 rings (SSSR count). The summed E-state index contributed by atoms with van der Waals surface area (Å²) in [4.78, 5) is 19.9. The van der Waals surface area contributed by atoms with Gasteiger partial charge in [0.1, 0.15) is 0 Å². The zero-order valence-electron chi connectivity index (χ0n) is 13.1. The van der Waals surface area contributed by atoms with Crippen LogP contribution in [-0.2, 0) is 9.47 Å². The van der Waals surface area contributed by atoms with Crippen molar-refractivity contribution >= 4 is 11.7 Å². The van der Waals surface area contributed by atoms with Crippen LogP contribution in [0.25, 0.3) is 0 Å². The van der Waals surface area contributed by atoms with E-state index in [1.54, 1.807) is 0 Å². The number of nitro groups is 1. The second kappa shape index (κ2) is 8.56. The number of nitro benzene ring substituents is 1. The molecule has 128 valence electrons. The standard InChI is InChI=1S/C8H16O3.C7H5NO4/c1-8(2)10-6-7(11-8)4-3-5-9;9-7(10)5-1-3-6(4-2-5)8(11)12/h7,9H,3-6H2,1-2H3;1-4H,(H,9,10). The zero-order chi connectivity index (χ0) is 17.5. The summed E-state index contributed by atoms with van der Waals surface area (Å²) in [6, 6.07) is 4.70. The normalized spacial score (nSPS) is 18.8. The SMILES string of the molecule is CC1(C)OCC(CCCO)O1.O=C(O)c1ccc([N+](=O)[O-])cc1. The van der Waals surface area contributed by atoms with Gasteiger partial charge in [-0.05, 0) is 38.8 Å². The molecule has 1 fully saturated rings. The number of carboxylic acid groups (broad SMARTS) is 1. The molecular formula is C15H21NO7. The van der Waals surface area contributed by atoms with E-state index in [1.165, 1.54) is 12.1 Å². The molecule has 1 saturated heterocycles. The van der Waals surface area contributed by atoms with E-state index < -0.39 is 16.7 Å². The fourth-order valence-corrected chi connectivity index (χ4v) is 1.95. The maximum absolute atomic E-state index is 10.3. The van der Waals surface area contributed by atoms with Crippen molar-refractivity contribution in [2.24, 2.45) is 0 Å². The number of hydrogen-bond donors (Lipinski definition) is 2. The van der Waals surface area contributed by atoms with Gasteiger partial charge in [0.25, 0.3) is 5.69 Å². The summed E-state index contributed by atoms with van der Waals surface area (Å²) in [7, 11) is 0. The number of ether oxygens (including phenoxy) is 2. The monoisotopic (exact) mass is 327 g/mol. The molecule has 1 unspecified atom stereocenters. The Balaban J connectivity index is 0.000000231. The van der Waals surface area contributed by atoms with Gasteiger partial charge in [-0.25, -0.2) is 4.79 Å². The van der Waals surface area contributed by atoms with Crippen LogP contribution >= 0.6 is 0 Å².